The van der Waals surface area contributed by atoms with Gasteiger partial charge in [-0.15, -0.1) is 0 Å². The van der Waals surface area contributed by atoms with Crippen LogP contribution in [0.25, 0.3) is 0 Å². The van der Waals surface area contributed by atoms with Crippen molar-refractivity contribution in [2.24, 2.45) is 5.92 Å². The summed E-state index contributed by atoms with van der Waals surface area (Å²) in [6, 6.07) is 14.4. The predicted octanol–water partition coefficient (Wildman–Crippen LogP) is 4.67. The van der Waals surface area contributed by atoms with E-state index in [0.29, 0.717) is 0 Å². The van der Waals surface area contributed by atoms with Gasteiger partial charge in [-0.1, -0.05) is 36.8 Å². The Morgan fingerprint density at radius 1 is 1.19 bits per heavy atom. The van der Waals surface area contributed by atoms with Gasteiger partial charge < -0.3 is 9.47 Å². The van der Waals surface area contributed by atoms with E-state index in [4.69, 9.17) is 14.0 Å². The first-order valence-electron chi connectivity index (χ1n) is 11.2. The second-order valence-electron chi connectivity index (χ2n) is 8.93. The van der Waals surface area contributed by atoms with E-state index in [1.165, 1.54) is 37.1 Å². The third-order valence-electron chi connectivity index (χ3n) is 6.12. The molecule has 0 radical (unpaired) electrons. The highest BCUT2D eigenvalue weighted by Gasteiger charge is 2.41. The summed E-state index contributed by atoms with van der Waals surface area (Å²) in [5.74, 6) is 1.84. The van der Waals surface area contributed by atoms with Crippen LogP contribution in [-0.2, 0) is 20.5 Å². The highest BCUT2D eigenvalue weighted by molar-refractivity contribution is 7.85. The van der Waals surface area contributed by atoms with E-state index in [-0.39, 0.29) is 16.6 Å². The zero-order chi connectivity index (χ0) is 23.4. The van der Waals surface area contributed by atoms with Gasteiger partial charge in [0, 0.05) is 19.6 Å². The van der Waals surface area contributed by atoms with E-state index < -0.39 is 10.1 Å². The molecule has 176 valence electrons. The summed E-state index contributed by atoms with van der Waals surface area (Å²) in [4.78, 5) is 2.54. The molecule has 0 aromatic heterocycles. The van der Waals surface area contributed by atoms with Gasteiger partial charge in [-0.25, -0.2) is 0 Å². The lowest BCUT2D eigenvalue weighted by Crippen LogP contribution is -2.53. The van der Waals surface area contributed by atoms with E-state index in [1.54, 1.807) is 19.2 Å². The van der Waals surface area contributed by atoms with Crippen molar-refractivity contribution in [2.75, 3.05) is 26.7 Å². The molecule has 2 aromatic carbocycles. The molecule has 2 unspecified atom stereocenters. The van der Waals surface area contributed by atoms with Crippen LogP contribution in [0.3, 0.4) is 0 Å². The number of aryl methyl sites for hydroxylation is 1. The summed E-state index contributed by atoms with van der Waals surface area (Å²) < 4.78 is 41.4. The number of methoxy groups -OCH3 is 1. The fourth-order valence-electron chi connectivity index (χ4n) is 4.23. The summed E-state index contributed by atoms with van der Waals surface area (Å²) in [5, 5.41) is 0. The number of rotatable bonds is 6. The van der Waals surface area contributed by atoms with E-state index in [1.807, 2.05) is 13.0 Å². The normalized spacial score (nSPS) is 23.8. The van der Waals surface area contributed by atoms with Crippen LogP contribution in [-0.4, -0.2) is 50.7 Å². The summed E-state index contributed by atoms with van der Waals surface area (Å²) >= 11 is 0. The molecule has 1 aliphatic carbocycles. The van der Waals surface area contributed by atoms with Crippen LogP contribution >= 0.6 is 0 Å². The van der Waals surface area contributed by atoms with Gasteiger partial charge in [0.05, 0.1) is 18.1 Å². The third-order valence-corrected chi connectivity index (χ3v) is 6.99. The fourth-order valence-corrected chi connectivity index (χ4v) is 4.71. The van der Waals surface area contributed by atoms with Crippen molar-refractivity contribution in [1.82, 2.24) is 4.90 Å². The minimum atomic E-state index is -4.02. The van der Waals surface area contributed by atoms with Crippen molar-refractivity contribution < 1.29 is 22.4 Å². The Morgan fingerprint density at radius 3 is 2.44 bits per heavy atom. The van der Waals surface area contributed by atoms with Crippen LogP contribution in [0.5, 0.6) is 5.75 Å². The molecule has 1 saturated heterocycles. The van der Waals surface area contributed by atoms with Gasteiger partial charge in [0.2, 0.25) is 0 Å². The van der Waals surface area contributed by atoms with Gasteiger partial charge in [0.25, 0.3) is 10.1 Å². The van der Waals surface area contributed by atoms with Gasteiger partial charge in [-0.3, -0.25) is 9.45 Å². The SMILES string of the molecule is CCC1(c2cccc(OC)c2)CN(CC2CC2)CC(C)O1.Cc1ccc(S(=O)(=O)O)cc1. The maximum atomic E-state index is 10.5. The van der Waals surface area contributed by atoms with Crippen LogP contribution in [0.4, 0.5) is 0 Å². The summed E-state index contributed by atoms with van der Waals surface area (Å²) in [6.07, 6.45) is 4.09. The number of benzene rings is 2. The zero-order valence-corrected chi connectivity index (χ0v) is 20.3. The maximum Gasteiger partial charge on any atom is 0.294 e. The second kappa shape index (κ2) is 10.3. The van der Waals surface area contributed by atoms with Crippen LogP contribution in [0.1, 0.15) is 44.2 Å². The number of ether oxygens (including phenoxy) is 2. The molecular formula is C25H35NO5S. The Morgan fingerprint density at radius 2 is 1.88 bits per heavy atom. The Hall–Kier alpha value is -1.93. The summed E-state index contributed by atoms with van der Waals surface area (Å²) in [5.41, 5.74) is 2.01. The topological polar surface area (TPSA) is 76.1 Å². The molecule has 4 rings (SSSR count). The molecule has 32 heavy (non-hydrogen) atoms. The monoisotopic (exact) mass is 461 g/mol. The Labute approximate surface area is 192 Å². The molecule has 1 N–H and O–H groups in total. The summed E-state index contributed by atoms with van der Waals surface area (Å²) in [7, 11) is -2.30. The highest BCUT2D eigenvalue weighted by Crippen LogP contribution is 2.38. The lowest BCUT2D eigenvalue weighted by atomic mass is 9.88. The van der Waals surface area contributed by atoms with Crippen LogP contribution in [0.15, 0.2) is 53.4 Å². The molecule has 1 saturated carbocycles. The minimum Gasteiger partial charge on any atom is -0.497 e. The lowest BCUT2D eigenvalue weighted by Gasteiger charge is -2.46. The van der Waals surface area contributed by atoms with E-state index in [9.17, 15) is 8.42 Å². The molecule has 1 heterocycles. The van der Waals surface area contributed by atoms with Crippen molar-refractivity contribution in [1.29, 1.82) is 0 Å². The van der Waals surface area contributed by atoms with Gasteiger partial charge in [0.1, 0.15) is 11.4 Å². The molecule has 2 atom stereocenters. The Kier molecular flexibility index (Phi) is 7.98. The molecule has 0 bridgehead atoms. The fraction of sp³-hybridized carbons (Fsp3) is 0.520. The lowest BCUT2D eigenvalue weighted by molar-refractivity contribution is -0.157. The van der Waals surface area contributed by atoms with E-state index in [0.717, 1.165) is 36.7 Å². The average Bonchev–Trinajstić information content (AvgIpc) is 3.57. The van der Waals surface area contributed by atoms with Crippen LogP contribution in [0, 0.1) is 12.8 Å². The van der Waals surface area contributed by atoms with Crippen LogP contribution in [0.2, 0.25) is 0 Å². The standard InChI is InChI=1S/C18H27NO2.C7H8O3S/c1-4-18(16-6-5-7-17(10-16)20-3)13-19(11-14(2)21-18)12-15-8-9-15;1-6-2-4-7(5-3-6)11(8,9)10/h5-7,10,14-15H,4,8-9,11-13H2,1-3H3;2-5H,1H3,(H,8,9,10). The van der Waals surface area contributed by atoms with Crippen molar-refractivity contribution in [3.8, 4) is 5.75 Å². The molecule has 0 spiro atoms. The number of hydrogen-bond acceptors (Lipinski definition) is 5. The van der Waals surface area contributed by atoms with Crippen molar-refractivity contribution >= 4 is 10.1 Å². The second-order valence-corrected chi connectivity index (χ2v) is 10.4. The predicted molar refractivity (Wildman–Crippen MR) is 126 cm³/mol. The van der Waals surface area contributed by atoms with Crippen LogP contribution < -0.4 is 4.74 Å². The molecule has 2 fully saturated rings. The van der Waals surface area contributed by atoms with Gasteiger partial charge in [-0.2, -0.15) is 8.42 Å². The first kappa shape index (κ1) is 24.7. The summed E-state index contributed by atoms with van der Waals surface area (Å²) in [6.45, 7) is 9.56. The molecule has 2 aliphatic rings. The molecular weight excluding hydrogens is 426 g/mol. The molecule has 6 nitrogen and oxygen atoms in total. The largest absolute Gasteiger partial charge is 0.497 e. The quantitative estimate of drug-likeness (QED) is 0.630. The first-order chi connectivity index (χ1) is 15.1. The Bertz CT molecular complexity index is 986. The van der Waals surface area contributed by atoms with Crippen molar-refractivity contribution in [3.63, 3.8) is 0 Å². The minimum absolute atomic E-state index is 0.0666. The van der Waals surface area contributed by atoms with Crippen molar-refractivity contribution in [3.05, 3.63) is 59.7 Å². The van der Waals surface area contributed by atoms with Crippen molar-refractivity contribution in [2.45, 2.75) is 56.6 Å². The third kappa shape index (κ3) is 6.54. The van der Waals surface area contributed by atoms with E-state index >= 15 is 0 Å². The van der Waals surface area contributed by atoms with E-state index in [2.05, 4.69) is 36.9 Å². The number of morpholine rings is 1. The van der Waals surface area contributed by atoms with Gasteiger partial charge in [0.15, 0.2) is 0 Å². The number of nitrogens with zero attached hydrogens (tertiary/aromatic N) is 1. The maximum absolute atomic E-state index is 10.5. The molecule has 2 aromatic rings. The number of hydrogen-bond donors (Lipinski definition) is 1. The first-order valence-corrected chi connectivity index (χ1v) is 12.7. The molecule has 1 aliphatic heterocycles. The zero-order valence-electron chi connectivity index (χ0n) is 19.5. The molecule has 0 amide bonds. The highest BCUT2D eigenvalue weighted by atomic mass is 32.2. The Balaban J connectivity index is 0.000000222. The smallest absolute Gasteiger partial charge is 0.294 e. The molecule has 7 heteroatoms. The average molecular weight is 462 g/mol. The van der Waals surface area contributed by atoms with Gasteiger partial charge >= 0.3 is 0 Å². The van der Waals surface area contributed by atoms with Gasteiger partial charge in [-0.05, 0) is 68.9 Å².